The molecule has 2 N–H and O–H groups in total. The molecule has 2 nitrogen and oxygen atoms in total. The molecule has 0 atom stereocenters. The monoisotopic (exact) mass is 316 g/mol. The highest BCUT2D eigenvalue weighted by Gasteiger charge is 2.19. The minimum Gasteiger partial charge on any atom is -0.388 e. The number of hydrogen-bond acceptors (Lipinski definition) is 3. The van der Waals surface area contributed by atoms with Gasteiger partial charge in [-0.05, 0) is 79.9 Å². The molecule has 1 fully saturated rings. The van der Waals surface area contributed by atoms with Gasteiger partial charge in [-0.25, -0.2) is 4.39 Å². The van der Waals surface area contributed by atoms with E-state index in [1.54, 1.807) is 23.9 Å². The summed E-state index contributed by atoms with van der Waals surface area (Å²) >= 11 is 1.72. The summed E-state index contributed by atoms with van der Waals surface area (Å²) < 4.78 is 13.7. The second-order valence-electron chi connectivity index (χ2n) is 5.58. The topological polar surface area (TPSA) is 24.1 Å². The van der Waals surface area contributed by atoms with Gasteiger partial charge >= 0.3 is 0 Å². The van der Waals surface area contributed by atoms with E-state index in [1.807, 2.05) is 13.1 Å². The number of nitrogens with one attached hydrogen (secondary N) is 2. The smallest absolute Gasteiger partial charge is 0.123 e. The Morgan fingerprint density at radius 3 is 2.50 bits per heavy atom. The first-order valence-corrected chi connectivity index (χ1v) is 8.54. The van der Waals surface area contributed by atoms with Gasteiger partial charge in [-0.3, -0.25) is 0 Å². The van der Waals surface area contributed by atoms with Gasteiger partial charge in [-0.1, -0.05) is 11.8 Å². The first kappa shape index (κ1) is 15.4. The van der Waals surface area contributed by atoms with Crippen LogP contribution in [0.2, 0.25) is 0 Å². The summed E-state index contributed by atoms with van der Waals surface area (Å²) in [7, 11) is 1.91. The van der Waals surface area contributed by atoms with Gasteiger partial charge in [0.15, 0.2) is 0 Å². The van der Waals surface area contributed by atoms with Crippen LogP contribution in [0.25, 0.3) is 0 Å². The van der Waals surface area contributed by atoms with E-state index in [-0.39, 0.29) is 5.82 Å². The second-order valence-corrected chi connectivity index (χ2v) is 6.70. The summed E-state index contributed by atoms with van der Waals surface area (Å²) in [5.41, 5.74) is 2.26. The number of hydrogen-bond donors (Lipinski definition) is 2. The maximum absolute atomic E-state index is 13.7. The van der Waals surface area contributed by atoms with E-state index < -0.39 is 0 Å². The minimum absolute atomic E-state index is 0.136. The Morgan fingerprint density at radius 2 is 1.82 bits per heavy atom. The number of rotatable bonds is 4. The lowest BCUT2D eigenvalue weighted by Crippen LogP contribution is -2.26. The van der Waals surface area contributed by atoms with Crippen LogP contribution in [0.1, 0.15) is 24.3 Å². The molecular formula is C18H21FN2S. The molecule has 0 bridgehead atoms. The average Bonchev–Trinajstić information content (AvgIpc) is 2.58. The van der Waals surface area contributed by atoms with Gasteiger partial charge in [0.2, 0.25) is 0 Å². The highest BCUT2D eigenvalue weighted by atomic mass is 32.2. The molecule has 3 rings (SSSR count). The van der Waals surface area contributed by atoms with Crippen molar-refractivity contribution >= 4 is 17.4 Å². The molecule has 0 amide bonds. The van der Waals surface area contributed by atoms with Crippen LogP contribution in [0, 0.1) is 5.82 Å². The van der Waals surface area contributed by atoms with Crippen molar-refractivity contribution in [1.82, 2.24) is 5.32 Å². The summed E-state index contributed by atoms with van der Waals surface area (Å²) in [4.78, 5) is 2.35. The highest BCUT2D eigenvalue weighted by molar-refractivity contribution is 7.99. The zero-order chi connectivity index (χ0) is 15.4. The molecule has 4 heteroatoms. The molecule has 22 heavy (non-hydrogen) atoms. The number of halogens is 1. The minimum atomic E-state index is -0.136. The van der Waals surface area contributed by atoms with E-state index in [2.05, 4.69) is 34.9 Å². The third kappa shape index (κ3) is 3.62. The van der Waals surface area contributed by atoms with E-state index in [0.717, 1.165) is 37.2 Å². The fourth-order valence-electron chi connectivity index (χ4n) is 2.88. The lowest BCUT2D eigenvalue weighted by Gasteiger charge is -2.25. The summed E-state index contributed by atoms with van der Waals surface area (Å²) in [5.74, 6) is 0.319. The van der Waals surface area contributed by atoms with E-state index in [0.29, 0.717) is 5.92 Å². The Hall–Kier alpha value is -1.52. The standard InChI is InChI=1S/C18H21FN2S/c1-20-15-3-5-16(6-4-15)22-18-7-2-14(19)12-17(18)13-8-10-21-11-9-13/h2-7,12-13,20-21H,8-11H2,1H3. The molecule has 2 aromatic rings. The zero-order valence-corrected chi connectivity index (χ0v) is 13.5. The second kappa shape index (κ2) is 7.16. The van der Waals surface area contributed by atoms with E-state index >= 15 is 0 Å². The first-order chi connectivity index (χ1) is 10.8. The van der Waals surface area contributed by atoms with Crippen molar-refractivity contribution in [2.75, 3.05) is 25.5 Å². The molecule has 0 unspecified atom stereocenters. The van der Waals surface area contributed by atoms with Crippen LogP contribution in [0.15, 0.2) is 52.3 Å². The number of benzene rings is 2. The molecule has 116 valence electrons. The quantitative estimate of drug-likeness (QED) is 0.869. The SMILES string of the molecule is CNc1ccc(Sc2ccc(F)cc2C2CCNCC2)cc1. The Bertz CT molecular complexity index is 621. The van der Waals surface area contributed by atoms with Gasteiger partial charge in [0.25, 0.3) is 0 Å². The maximum Gasteiger partial charge on any atom is 0.123 e. The van der Waals surface area contributed by atoms with E-state index in [9.17, 15) is 4.39 Å². The molecular weight excluding hydrogens is 295 g/mol. The Labute approximate surface area is 135 Å². The number of piperidine rings is 1. The summed E-state index contributed by atoms with van der Waals surface area (Å²) in [6.07, 6.45) is 2.16. The Balaban J connectivity index is 1.85. The molecule has 0 saturated carbocycles. The van der Waals surface area contributed by atoms with Gasteiger partial charge in [0.1, 0.15) is 5.82 Å². The van der Waals surface area contributed by atoms with Gasteiger partial charge in [0.05, 0.1) is 0 Å². The fourth-order valence-corrected chi connectivity index (χ4v) is 3.89. The molecule has 1 saturated heterocycles. The molecule has 1 aliphatic heterocycles. The predicted molar refractivity (Wildman–Crippen MR) is 91.4 cm³/mol. The van der Waals surface area contributed by atoms with Crippen LogP contribution < -0.4 is 10.6 Å². The molecule has 1 aliphatic rings. The van der Waals surface area contributed by atoms with Crippen LogP contribution in [0.3, 0.4) is 0 Å². The molecule has 0 radical (unpaired) electrons. The highest BCUT2D eigenvalue weighted by Crippen LogP contribution is 2.37. The zero-order valence-electron chi connectivity index (χ0n) is 12.7. The third-order valence-corrected chi connectivity index (χ3v) is 5.22. The normalized spacial score (nSPS) is 15.7. The van der Waals surface area contributed by atoms with Gasteiger partial charge < -0.3 is 10.6 Å². The van der Waals surface area contributed by atoms with E-state index in [1.165, 1.54) is 9.79 Å². The molecule has 0 aromatic heterocycles. The lowest BCUT2D eigenvalue weighted by atomic mass is 9.90. The first-order valence-electron chi connectivity index (χ1n) is 7.72. The van der Waals surface area contributed by atoms with Crippen molar-refractivity contribution in [2.24, 2.45) is 0 Å². The summed E-state index contributed by atoms with van der Waals surface area (Å²) in [5, 5.41) is 6.50. The van der Waals surface area contributed by atoms with Crippen molar-refractivity contribution in [1.29, 1.82) is 0 Å². The summed E-state index contributed by atoms with van der Waals surface area (Å²) in [6, 6.07) is 13.5. The third-order valence-electron chi connectivity index (χ3n) is 4.12. The fraction of sp³-hybridized carbons (Fsp3) is 0.333. The van der Waals surface area contributed by atoms with Crippen molar-refractivity contribution in [2.45, 2.75) is 28.6 Å². The summed E-state index contributed by atoms with van der Waals surface area (Å²) in [6.45, 7) is 2.03. The average molecular weight is 316 g/mol. The van der Waals surface area contributed by atoms with Crippen LogP contribution in [0.4, 0.5) is 10.1 Å². The largest absolute Gasteiger partial charge is 0.388 e. The van der Waals surface area contributed by atoms with Crippen LogP contribution >= 0.6 is 11.8 Å². The van der Waals surface area contributed by atoms with Crippen molar-refractivity contribution in [3.05, 3.63) is 53.8 Å². The van der Waals surface area contributed by atoms with Gasteiger partial charge in [0, 0.05) is 22.5 Å². The Morgan fingerprint density at radius 1 is 1.09 bits per heavy atom. The van der Waals surface area contributed by atoms with Gasteiger partial charge in [-0.2, -0.15) is 0 Å². The van der Waals surface area contributed by atoms with Crippen molar-refractivity contribution < 1.29 is 4.39 Å². The van der Waals surface area contributed by atoms with Crippen LogP contribution in [-0.2, 0) is 0 Å². The molecule has 0 aliphatic carbocycles. The maximum atomic E-state index is 13.7. The lowest BCUT2D eigenvalue weighted by molar-refractivity contribution is 0.454. The van der Waals surface area contributed by atoms with Crippen LogP contribution in [-0.4, -0.2) is 20.1 Å². The van der Waals surface area contributed by atoms with Crippen molar-refractivity contribution in [3.8, 4) is 0 Å². The van der Waals surface area contributed by atoms with Gasteiger partial charge in [-0.15, -0.1) is 0 Å². The predicted octanol–water partition coefficient (Wildman–Crippen LogP) is 4.49. The molecule has 0 spiro atoms. The van der Waals surface area contributed by atoms with Crippen LogP contribution in [0.5, 0.6) is 0 Å². The van der Waals surface area contributed by atoms with E-state index in [4.69, 9.17) is 0 Å². The molecule has 2 aromatic carbocycles. The molecule has 1 heterocycles. The van der Waals surface area contributed by atoms with Crippen molar-refractivity contribution in [3.63, 3.8) is 0 Å². The Kier molecular flexibility index (Phi) is 5.01. The number of anilines is 1.